The number of hydrogen-bond acceptors (Lipinski definition) is 3. The summed E-state index contributed by atoms with van der Waals surface area (Å²) in [6.45, 7) is 8.38. The van der Waals surface area contributed by atoms with E-state index in [2.05, 4.69) is 24.1 Å². The Bertz CT molecular complexity index is 281. The molecule has 2 N–H and O–H groups in total. The van der Waals surface area contributed by atoms with Crippen molar-refractivity contribution in [2.24, 2.45) is 5.41 Å². The van der Waals surface area contributed by atoms with Gasteiger partial charge in [-0.05, 0) is 51.4 Å². The molecule has 0 spiro atoms. The quantitative estimate of drug-likeness (QED) is 0.642. The lowest BCUT2D eigenvalue weighted by Crippen LogP contribution is -2.47. The smallest absolute Gasteiger partial charge is 0.0443 e. The van der Waals surface area contributed by atoms with Crippen molar-refractivity contribution < 1.29 is 5.11 Å². The molecular formula is C18H36N2O. The van der Waals surface area contributed by atoms with E-state index in [0.717, 1.165) is 19.0 Å². The van der Waals surface area contributed by atoms with E-state index in [1.54, 1.807) is 0 Å². The molecular weight excluding hydrogens is 260 g/mol. The van der Waals surface area contributed by atoms with Crippen molar-refractivity contribution in [1.82, 2.24) is 10.2 Å². The van der Waals surface area contributed by atoms with Crippen LogP contribution in [0.15, 0.2) is 0 Å². The Morgan fingerprint density at radius 1 is 1.14 bits per heavy atom. The van der Waals surface area contributed by atoms with Crippen LogP contribution in [-0.4, -0.2) is 48.3 Å². The highest BCUT2D eigenvalue weighted by Crippen LogP contribution is 2.36. The molecule has 3 nitrogen and oxygen atoms in total. The highest BCUT2D eigenvalue weighted by Gasteiger charge is 2.35. The molecule has 2 aliphatic carbocycles. The maximum atomic E-state index is 9.16. The molecule has 0 amide bonds. The van der Waals surface area contributed by atoms with Gasteiger partial charge in [0, 0.05) is 38.3 Å². The Morgan fingerprint density at radius 3 is 2.33 bits per heavy atom. The molecule has 21 heavy (non-hydrogen) atoms. The van der Waals surface area contributed by atoms with Crippen LogP contribution in [0.5, 0.6) is 0 Å². The third kappa shape index (κ3) is 5.88. The molecule has 0 unspecified atom stereocenters. The van der Waals surface area contributed by atoms with E-state index in [9.17, 15) is 0 Å². The van der Waals surface area contributed by atoms with E-state index in [0.29, 0.717) is 18.1 Å². The maximum Gasteiger partial charge on any atom is 0.0443 e. The van der Waals surface area contributed by atoms with Crippen LogP contribution in [0, 0.1) is 5.41 Å². The molecule has 2 rings (SSSR count). The summed E-state index contributed by atoms with van der Waals surface area (Å²) in [4.78, 5) is 2.61. The number of nitrogens with one attached hydrogen (secondary N) is 1. The van der Waals surface area contributed by atoms with E-state index in [-0.39, 0.29) is 0 Å². The van der Waals surface area contributed by atoms with Crippen LogP contribution in [0.1, 0.15) is 71.6 Å². The summed E-state index contributed by atoms with van der Waals surface area (Å²) >= 11 is 0. The van der Waals surface area contributed by atoms with Crippen LogP contribution in [0.4, 0.5) is 0 Å². The van der Waals surface area contributed by atoms with Gasteiger partial charge < -0.3 is 15.3 Å². The first-order valence-electron chi connectivity index (χ1n) is 9.23. The summed E-state index contributed by atoms with van der Waals surface area (Å²) in [5, 5.41) is 13.0. The standard InChI is InChI=1S/C18H36N2O/c1-16(2)20(12-7-13-21)15-18(14-19-17-8-9-17)10-5-3-4-6-11-18/h16-17,19,21H,3-15H2,1-2H3. The Kier molecular flexibility index (Phi) is 6.97. The van der Waals surface area contributed by atoms with Crippen molar-refractivity contribution in [2.45, 2.75) is 83.7 Å². The van der Waals surface area contributed by atoms with Crippen molar-refractivity contribution in [3.8, 4) is 0 Å². The summed E-state index contributed by atoms with van der Waals surface area (Å²) in [5.74, 6) is 0. The number of aliphatic hydroxyl groups is 1. The van der Waals surface area contributed by atoms with Crippen LogP contribution in [0.25, 0.3) is 0 Å². The van der Waals surface area contributed by atoms with Gasteiger partial charge in [0.2, 0.25) is 0 Å². The van der Waals surface area contributed by atoms with Gasteiger partial charge in [-0.25, -0.2) is 0 Å². The van der Waals surface area contributed by atoms with Crippen LogP contribution in [-0.2, 0) is 0 Å². The second-order valence-corrected chi connectivity index (χ2v) is 7.71. The first kappa shape index (κ1) is 17.2. The fourth-order valence-electron chi connectivity index (χ4n) is 3.74. The SMILES string of the molecule is CC(C)N(CCCO)CC1(CNC2CC2)CCCCCC1. The van der Waals surface area contributed by atoms with Crippen molar-refractivity contribution >= 4 is 0 Å². The normalized spacial score (nSPS) is 22.7. The largest absolute Gasteiger partial charge is 0.396 e. The molecule has 0 atom stereocenters. The summed E-state index contributed by atoms with van der Waals surface area (Å²) < 4.78 is 0. The Morgan fingerprint density at radius 2 is 1.81 bits per heavy atom. The van der Waals surface area contributed by atoms with Crippen LogP contribution in [0.2, 0.25) is 0 Å². The van der Waals surface area contributed by atoms with Gasteiger partial charge in [0.25, 0.3) is 0 Å². The predicted molar refractivity (Wildman–Crippen MR) is 89.6 cm³/mol. The van der Waals surface area contributed by atoms with Gasteiger partial charge in [0.15, 0.2) is 0 Å². The van der Waals surface area contributed by atoms with Gasteiger partial charge >= 0.3 is 0 Å². The van der Waals surface area contributed by atoms with Gasteiger partial charge in [0.1, 0.15) is 0 Å². The van der Waals surface area contributed by atoms with E-state index < -0.39 is 0 Å². The van der Waals surface area contributed by atoms with Crippen LogP contribution in [0.3, 0.4) is 0 Å². The summed E-state index contributed by atoms with van der Waals surface area (Å²) in [6.07, 6.45) is 12.1. The molecule has 2 saturated carbocycles. The summed E-state index contributed by atoms with van der Waals surface area (Å²) in [7, 11) is 0. The van der Waals surface area contributed by atoms with Crippen LogP contribution >= 0.6 is 0 Å². The zero-order valence-electron chi connectivity index (χ0n) is 14.2. The van der Waals surface area contributed by atoms with Gasteiger partial charge in [-0.1, -0.05) is 25.7 Å². The minimum atomic E-state index is 0.316. The monoisotopic (exact) mass is 296 g/mol. The molecule has 0 bridgehead atoms. The molecule has 0 heterocycles. The van der Waals surface area contributed by atoms with Crippen LogP contribution < -0.4 is 5.32 Å². The molecule has 2 fully saturated rings. The topological polar surface area (TPSA) is 35.5 Å². The molecule has 124 valence electrons. The lowest BCUT2D eigenvalue weighted by Gasteiger charge is -2.40. The maximum absolute atomic E-state index is 9.16. The molecule has 0 aromatic rings. The minimum absolute atomic E-state index is 0.316. The first-order valence-corrected chi connectivity index (χ1v) is 9.23. The average Bonchev–Trinajstić information content (AvgIpc) is 3.29. The van der Waals surface area contributed by atoms with E-state index in [1.807, 2.05) is 0 Å². The zero-order chi connectivity index (χ0) is 15.1. The van der Waals surface area contributed by atoms with E-state index in [4.69, 9.17) is 5.11 Å². The molecule has 0 aliphatic heterocycles. The highest BCUT2D eigenvalue weighted by atomic mass is 16.3. The summed E-state index contributed by atoms with van der Waals surface area (Å²) in [5.41, 5.74) is 0.471. The Balaban J connectivity index is 1.96. The van der Waals surface area contributed by atoms with Gasteiger partial charge in [-0.15, -0.1) is 0 Å². The number of hydrogen-bond donors (Lipinski definition) is 2. The highest BCUT2D eigenvalue weighted by molar-refractivity contribution is 4.91. The van der Waals surface area contributed by atoms with Gasteiger partial charge in [-0.2, -0.15) is 0 Å². The zero-order valence-corrected chi connectivity index (χ0v) is 14.2. The number of rotatable bonds is 9. The second-order valence-electron chi connectivity index (χ2n) is 7.71. The molecule has 2 aliphatic rings. The third-order valence-electron chi connectivity index (χ3n) is 5.38. The molecule has 0 radical (unpaired) electrons. The fourth-order valence-corrected chi connectivity index (χ4v) is 3.74. The van der Waals surface area contributed by atoms with Crippen molar-refractivity contribution in [2.75, 3.05) is 26.2 Å². The average molecular weight is 296 g/mol. The van der Waals surface area contributed by atoms with Gasteiger partial charge in [-0.3, -0.25) is 0 Å². The molecule has 0 aromatic carbocycles. The van der Waals surface area contributed by atoms with E-state index >= 15 is 0 Å². The third-order valence-corrected chi connectivity index (χ3v) is 5.38. The number of nitrogens with zero attached hydrogens (tertiary/aromatic N) is 1. The Labute approximate surface area is 131 Å². The van der Waals surface area contributed by atoms with E-state index in [1.165, 1.54) is 64.5 Å². The predicted octanol–water partition coefficient (Wildman–Crippen LogP) is 3.17. The molecule has 3 heteroatoms. The van der Waals surface area contributed by atoms with Crippen molar-refractivity contribution in [3.05, 3.63) is 0 Å². The van der Waals surface area contributed by atoms with Crippen molar-refractivity contribution in [1.29, 1.82) is 0 Å². The fraction of sp³-hybridized carbons (Fsp3) is 1.00. The van der Waals surface area contributed by atoms with Crippen molar-refractivity contribution in [3.63, 3.8) is 0 Å². The molecule has 0 saturated heterocycles. The van der Waals surface area contributed by atoms with Gasteiger partial charge in [0.05, 0.1) is 0 Å². The number of aliphatic hydroxyl groups excluding tert-OH is 1. The first-order chi connectivity index (χ1) is 10.2. The Hall–Kier alpha value is -0.120. The lowest BCUT2D eigenvalue weighted by molar-refractivity contribution is 0.0962. The molecule has 0 aromatic heterocycles. The minimum Gasteiger partial charge on any atom is -0.396 e. The lowest BCUT2D eigenvalue weighted by atomic mass is 9.79. The second kappa shape index (κ2) is 8.50. The summed E-state index contributed by atoms with van der Waals surface area (Å²) in [6, 6.07) is 1.40.